The minimum absolute atomic E-state index is 0.174. The molecule has 0 aliphatic carbocycles. The third-order valence-corrected chi connectivity index (χ3v) is 3.23. The van der Waals surface area contributed by atoms with Gasteiger partial charge in [-0.05, 0) is 18.1 Å². The molecule has 0 spiro atoms. The van der Waals surface area contributed by atoms with Gasteiger partial charge in [-0.15, -0.1) is 0 Å². The second-order valence-electron chi connectivity index (χ2n) is 4.91. The van der Waals surface area contributed by atoms with E-state index >= 15 is 0 Å². The standard InChI is InChI=1S/C14H13NO4/c1-7(2)14-13(15-17)9-5-8-3-4-12(16)18-10(8)6-11(9)19-14/h3-7,14,17H,1-2H3/b15-13-/t14-/m1/s1. The molecule has 0 saturated carbocycles. The van der Waals surface area contributed by atoms with Crippen LogP contribution in [-0.4, -0.2) is 17.0 Å². The Morgan fingerprint density at radius 3 is 2.79 bits per heavy atom. The third kappa shape index (κ3) is 1.78. The van der Waals surface area contributed by atoms with Crippen LogP contribution >= 0.6 is 0 Å². The van der Waals surface area contributed by atoms with Crippen molar-refractivity contribution in [2.75, 3.05) is 0 Å². The number of benzene rings is 1. The summed E-state index contributed by atoms with van der Waals surface area (Å²) in [4.78, 5) is 11.2. The van der Waals surface area contributed by atoms with Crippen LogP contribution in [0.3, 0.4) is 0 Å². The third-order valence-electron chi connectivity index (χ3n) is 3.23. The van der Waals surface area contributed by atoms with E-state index in [2.05, 4.69) is 5.16 Å². The molecule has 2 aromatic rings. The fourth-order valence-corrected chi connectivity index (χ4v) is 2.30. The average molecular weight is 259 g/mol. The van der Waals surface area contributed by atoms with Gasteiger partial charge in [-0.2, -0.15) is 0 Å². The van der Waals surface area contributed by atoms with Gasteiger partial charge in [-0.3, -0.25) is 0 Å². The summed E-state index contributed by atoms with van der Waals surface area (Å²) in [5, 5.41) is 13.3. The predicted octanol–water partition coefficient (Wildman–Crippen LogP) is 2.39. The smallest absolute Gasteiger partial charge is 0.336 e. The van der Waals surface area contributed by atoms with E-state index in [-0.39, 0.29) is 12.0 Å². The number of rotatable bonds is 1. The van der Waals surface area contributed by atoms with Gasteiger partial charge in [-0.25, -0.2) is 4.79 Å². The van der Waals surface area contributed by atoms with E-state index in [4.69, 9.17) is 9.15 Å². The maximum absolute atomic E-state index is 11.2. The highest BCUT2D eigenvalue weighted by molar-refractivity contribution is 6.10. The van der Waals surface area contributed by atoms with Crippen LogP contribution in [0.2, 0.25) is 0 Å². The molecule has 1 atom stereocenters. The average Bonchev–Trinajstić information content (AvgIpc) is 2.73. The molecule has 1 aromatic carbocycles. The molecule has 1 aliphatic rings. The highest BCUT2D eigenvalue weighted by Crippen LogP contribution is 2.35. The number of hydrogen-bond donors (Lipinski definition) is 1. The molecule has 0 unspecified atom stereocenters. The Hall–Kier alpha value is -2.30. The van der Waals surface area contributed by atoms with Crippen LogP contribution < -0.4 is 10.4 Å². The lowest BCUT2D eigenvalue weighted by atomic mass is 9.98. The van der Waals surface area contributed by atoms with Gasteiger partial charge in [0.05, 0.1) is 0 Å². The highest BCUT2D eigenvalue weighted by Gasteiger charge is 2.33. The number of ether oxygens (including phenoxy) is 1. The first-order valence-electron chi connectivity index (χ1n) is 6.07. The van der Waals surface area contributed by atoms with Crippen LogP contribution in [0.5, 0.6) is 5.75 Å². The first-order chi connectivity index (χ1) is 9.10. The summed E-state index contributed by atoms with van der Waals surface area (Å²) in [5.74, 6) is 0.752. The molecule has 0 fully saturated rings. The summed E-state index contributed by atoms with van der Waals surface area (Å²) in [7, 11) is 0. The minimum Gasteiger partial charge on any atom is -0.483 e. The van der Waals surface area contributed by atoms with Crippen molar-refractivity contribution in [3.8, 4) is 5.75 Å². The van der Waals surface area contributed by atoms with E-state index in [0.29, 0.717) is 17.0 Å². The lowest BCUT2D eigenvalue weighted by molar-refractivity contribution is 0.222. The van der Waals surface area contributed by atoms with Gasteiger partial charge in [0.2, 0.25) is 0 Å². The van der Waals surface area contributed by atoms with Crippen LogP contribution in [0.1, 0.15) is 19.4 Å². The Bertz CT molecular complexity index is 730. The first kappa shape index (κ1) is 11.8. The molecule has 98 valence electrons. The van der Waals surface area contributed by atoms with E-state index in [9.17, 15) is 10.0 Å². The molecule has 0 saturated heterocycles. The maximum atomic E-state index is 11.2. The lowest BCUT2D eigenvalue weighted by Crippen LogP contribution is -2.27. The Kier molecular flexibility index (Phi) is 2.55. The fraction of sp³-hybridized carbons (Fsp3) is 0.286. The zero-order chi connectivity index (χ0) is 13.6. The molecule has 0 amide bonds. The summed E-state index contributed by atoms with van der Waals surface area (Å²) in [6, 6.07) is 6.52. The second-order valence-corrected chi connectivity index (χ2v) is 4.91. The predicted molar refractivity (Wildman–Crippen MR) is 70.1 cm³/mol. The van der Waals surface area contributed by atoms with Gasteiger partial charge >= 0.3 is 5.63 Å². The normalized spacial score (nSPS) is 19.9. The van der Waals surface area contributed by atoms with Crippen molar-refractivity contribution in [3.63, 3.8) is 0 Å². The monoisotopic (exact) mass is 259 g/mol. The molecule has 0 bridgehead atoms. The van der Waals surface area contributed by atoms with E-state index in [1.807, 2.05) is 19.9 Å². The minimum atomic E-state index is -0.401. The highest BCUT2D eigenvalue weighted by atomic mass is 16.5. The lowest BCUT2D eigenvalue weighted by Gasteiger charge is -2.14. The van der Waals surface area contributed by atoms with Gasteiger partial charge in [0.15, 0.2) is 0 Å². The number of nitrogens with zero attached hydrogens (tertiary/aromatic N) is 1. The van der Waals surface area contributed by atoms with Crippen molar-refractivity contribution >= 4 is 16.7 Å². The van der Waals surface area contributed by atoms with Crippen molar-refractivity contribution < 1.29 is 14.4 Å². The van der Waals surface area contributed by atoms with E-state index < -0.39 is 5.63 Å². The fourth-order valence-electron chi connectivity index (χ4n) is 2.30. The van der Waals surface area contributed by atoms with Crippen molar-refractivity contribution in [3.05, 3.63) is 40.2 Å². The number of hydrogen-bond acceptors (Lipinski definition) is 5. The Balaban J connectivity index is 2.22. The van der Waals surface area contributed by atoms with E-state index in [1.54, 1.807) is 12.1 Å². The van der Waals surface area contributed by atoms with Crippen molar-refractivity contribution in [2.24, 2.45) is 11.1 Å². The molecule has 1 aliphatic heterocycles. The number of oxime groups is 1. The summed E-state index contributed by atoms with van der Waals surface area (Å²) in [6.07, 6.45) is -0.288. The molecular weight excluding hydrogens is 246 g/mol. The maximum Gasteiger partial charge on any atom is 0.336 e. The summed E-state index contributed by atoms with van der Waals surface area (Å²) in [5.41, 5.74) is 1.32. The zero-order valence-corrected chi connectivity index (χ0v) is 10.6. The quantitative estimate of drug-likeness (QED) is 0.485. The van der Waals surface area contributed by atoms with Crippen molar-refractivity contribution in [1.82, 2.24) is 0 Å². The Labute approximate surface area is 109 Å². The molecule has 1 N–H and O–H groups in total. The van der Waals surface area contributed by atoms with Gasteiger partial charge in [0.1, 0.15) is 23.1 Å². The molecular formula is C14H13NO4. The Morgan fingerprint density at radius 2 is 2.11 bits per heavy atom. The number of fused-ring (bicyclic) bond motifs is 2. The summed E-state index contributed by atoms with van der Waals surface area (Å²) < 4.78 is 10.9. The second kappa shape index (κ2) is 4.12. The zero-order valence-electron chi connectivity index (χ0n) is 10.6. The molecule has 19 heavy (non-hydrogen) atoms. The van der Waals surface area contributed by atoms with Crippen LogP contribution in [0.4, 0.5) is 0 Å². The molecule has 5 heteroatoms. The Morgan fingerprint density at radius 1 is 1.32 bits per heavy atom. The van der Waals surface area contributed by atoms with E-state index in [1.165, 1.54) is 6.07 Å². The van der Waals surface area contributed by atoms with Gasteiger partial charge < -0.3 is 14.4 Å². The van der Waals surface area contributed by atoms with Crippen LogP contribution in [0, 0.1) is 5.92 Å². The summed E-state index contributed by atoms with van der Waals surface area (Å²) in [6.45, 7) is 3.98. The van der Waals surface area contributed by atoms with Crippen LogP contribution in [-0.2, 0) is 0 Å². The molecule has 2 heterocycles. The van der Waals surface area contributed by atoms with Crippen LogP contribution in [0.15, 0.2) is 38.6 Å². The molecule has 5 nitrogen and oxygen atoms in total. The van der Waals surface area contributed by atoms with Gasteiger partial charge in [-0.1, -0.05) is 19.0 Å². The first-order valence-corrected chi connectivity index (χ1v) is 6.07. The van der Waals surface area contributed by atoms with Crippen molar-refractivity contribution in [1.29, 1.82) is 0 Å². The molecule has 3 rings (SSSR count). The van der Waals surface area contributed by atoms with Gasteiger partial charge in [0.25, 0.3) is 0 Å². The largest absolute Gasteiger partial charge is 0.483 e. The molecule has 0 radical (unpaired) electrons. The topological polar surface area (TPSA) is 72.0 Å². The van der Waals surface area contributed by atoms with E-state index in [0.717, 1.165) is 10.9 Å². The van der Waals surface area contributed by atoms with Crippen LogP contribution in [0.25, 0.3) is 11.0 Å². The summed E-state index contributed by atoms with van der Waals surface area (Å²) >= 11 is 0. The van der Waals surface area contributed by atoms with Crippen molar-refractivity contribution in [2.45, 2.75) is 20.0 Å². The molecule has 1 aromatic heterocycles. The SMILES string of the molecule is CC(C)[C@H]1Oc2cc3oc(=O)ccc3cc2/C1=N/O. The van der Waals surface area contributed by atoms with Gasteiger partial charge in [0, 0.05) is 23.1 Å².